The minimum absolute atomic E-state index is 0.217. The Morgan fingerprint density at radius 2 is 2.27 bits per heavy atom. The van der Waals surface area contributed by atoms with Gasteiger partial charge >= 0.3 is 0 Å². The van der Waals surface area contributed by atoms with Gasteiger partial charge in [0.2, 0.25) is 0 Å². The van der Waals surface area contributed by atoms with Crippen molar-refractivity contribution in [3.8, 4) is 0 Å². The number of rotatable bonds is 3. The minimum Gasteiger partial charge on any atom is -0.409 e. The molecular formula is C10H12N4O. The Morgan fingerprint density at radius 3 is 3.07 bits per heavy atom. The van der Waals surface area contributed by atoms with Crippen molar-refractivity contribution in [1.82, 2.24) is 9.78 Å². The summed E-state index contributed by atoms with van der Waals surface area (Å²) in [6, 6.07) is 7.93. The highest BCUT2D eigenvalue weighted by Crippen LogP contribution is 2.12. The molecule has 15 heavy (non-hydrogen) atoms. The van der Waals surface area contributed by atoms with E-state index in [9.17, 15) is 0 Å². The van der Waals surface area contributed by atoms with Crippen LogP contribution in [0, 0.1) is 0 Å². The molecule has 0 aliphatic carbocycles. The number of nitrogens with two attached hydrogens (primary N) is 1. The second kappa shape index (κ2) is 4.00. The van der Waals surface area contributed by atoms with Crippen LogP contribution in [0.5, 0.6) is 0 Å². The molecule has 0 bridgehead atoms. The molecule has 0 saturated carbocycles. The Bertz CT molecular complexity index is 489. The number of aryl methyl sites for hydroxylation is 1. The number of para-hydroxylation sites is 1. The van der Waals surface area contributed by atoms with Gasteiger partial charge in [-0.1, -0.05) is 23.4 Å². The van der Waals surface area contributed by atoms with Crippen LogP contribution in [-0.4, -0.2) is 20.8 Å². The first-order valence-electron chi connectivity index (χ1n) is 4.68. The topological polar surface area (TPSA) is 76.4 Å². The lowest BCUT2D eigenvalue weighted by Gasteiger charge is -2.01. The number of amidine groups is 1. The SMILES string of the molecule is NC(CCn1ncc2ccccc21)=NO. The maximum atomic E-state index is 8.41. The number of aromatic nitrogens is 2. The molecule has 2 rings (SSSR count). The summed E-state index contributed by atoms with van der Waals surface area (Å²) in [4.78, 5) is 0. The van der Waals surface area contributed by atoms with Crippen molar-refractivity contribution in [3.63, 3.8) is 0 Å². The van der Waals surface area contributed by atoms with E-state index in [1.54, 1.807) is 0 Å². The molecule has 78 valence electrons. The van der Waals surface area contributed by atoms with Gasteiger partial charge in [0.15, 0.2) is 0 Å². The van der Waals surface area contributed by atoms with Crippen molar-refractivity contribution in [2.75, 3.05) is 0 Å². The highest BCUT2D eigenvalue weighted by atomic mass is 16.4. The third-order valence-corrected chi connectivity index (χ3v) is 2.26. The fraction of sp³-hybridized carbons (Fsp3) is 0.200. The molecule has 0 radical (unpaired) electrons. The van der Waals surface area contributed by atoms with Gasteiger partial charge in [0.25, 0.3) is 0 Å². The lowest BCUT2D eigenvalue weighted by atomic mass is 10.2. The first-order valence-corrected chi connectivity index (χ1v) is 4.68. The molecule has 2 aromatic rings. The number of hydrogen-bond acceptors (Lipinski definition) is 3. The van der Waals surface area contributed by atoms with Crippen molar-refractivity contribution in [2.24, 2.45) is 10.9 Å². The monoisotopic (exact) mass is 204 g/mol. The second-order valence-electron chi connectivity index (χ2n) is 3.27. The smallest absolute Gasteiger partial charge is 0.140 e. The molecule has 1 aromatic heterocycles. The van der Waals surface area contributed by atoms with Crippen LogP contribution in [0.1, 0.15) is 6.42 Å². The summed E-state index contributed by atoms with van der Waals surface area (Å²) in [6.07, 6.45) is 2.30. The van der Waals surface area contributed by atoms with Gasteiger partial charge < -0.3 is 10.9 Å². The van der Waals surface area contributed by atoms with Crippen molar-refractivity contribution in [2.45, 2.75) is 13.0 Å². The zero-order valence-corrected chi connectivity index (χ0v) is 8.17. The average molecular weight is 204 g/mol. The lowest BCUT2D eigenvalue weighted by Crippen LogP contribution is -2.15. The maximum Gasteiger partial charge on any atom is 0.140 e. The molecular weight excluding hydrogens is 192 g/mol. The van der Waals surface area contributed by atoms with Gasteiger partial charge in [-0.3, -0.25) is 4.68 Å². The van der Waals surface area contributed by atoms with Gasteiger partial charge in [-0.2, -0.15) is 5.10 Å². The number of nitrogens with zero attached hydrogens (tertiary/aromatic N) is 3. The van der Waals surface area contributed by atoms with Crippen LogP contribution in [-0.2, 0) is 6.54 Å². The van der Waals surface area contributed by atoms with Gasteiger partial charge in [-0.25, -0.2) is 0 Å². The van der Waals surface area contributed by atoms with E-state index in [1.165, 1.54) is 0 Å². The van der Waals surface area contributed by atoms with Crippen molar-refractivity contribution < 1.29 is 5.21 Å². The van der Waals surface area contributed by atoms with Crippen LogP contribution in [0.15, 0.2) is 35.6 Å². The summed E-state index contributed by atoms with van der Waals surface area (Å²) in [5, 5.41) is 16.7. The predicted molar refractivity (Wildman–Crippen MR) is 57.8 cm³/mol. The van der Waals surface area contributed by atoms with Crippen molar-refractivity contribution in [3.05, 3.63) is 30.5 Å². The van der Waals surface area contributed by atoms with Crippen molar-refractivity contribution >= 4 is 16.7 Å². The van der Waals surface area contributed by atoms with E-state index in [1.807, 2.05) is 35.1 Å². The molecule has 0 atom stereocenters. The number of benzene rings is 1. The molecule has 0 aliphatic rings. The molecule has 0 saturated heterocycles. The molecule has 5 heteroatoms. The standard InChI is InChI=1S/C10H12N4O/c11-10(13-15)5-6-14-9-4-2-1-3-8(9)7-12-14/h1-4,7,15H,5-6H2,(H2,11,13). The summed E-state index contributed by atoms with van der Waals surface area (Å²) in [7, 11) is 0. The van der Waals surface area contributed by atoms with Gasteiger partial charge in [0.05, 0.1) is 11.7 Å². The summed E-state index contributed by atoms with van der Waals surface area (Å²) in [5.74, 6) is 0.217. The number of oxime groups is 1. The maximum absolute atomic E-state index is 8.41. The largest absolute Gasteiger partial charge is 0.409 e. The number of fused-ring (bicyclic) bond motifs is 1. The molecule has 5 nitrogen and oxygen atoms in total. The highest BCUT2D eigenvalue weighted by Gasteiger charge is 2.01. The van der Waals surface area contributed by atoms with E-state index in [0.29, 0.717) is 13.0 Å². The summed E-state index contributed by atoms with van der Waals surface area (Å²) in [5.41, 5.74) is 6.45. The average Bonchev–Trinajstić information content (AvgIpc) is 2.69. The Hall–Kier alpha value is -2.04. The van der Waals surface area contributed by atoms with Crippen molar-refractivity contribution in [1.29, 1.82) is 0 Å². The van der Waals surface area contributed by atoms with Gasteiger partial charge in [-0.15, -0.1) is 0 Å². The Kier molecular flexibility index (Phi) is 2.53. The number of hydrogen-bond donors (Lipinski definition) is 2. The quantitative estimate of drug-likeness (QED) is 0.341. The molecule has 1 heterocycles. The second-order valence-corrected chi connectivity index (χ2v) is 3.27. The first-order chi connectivity index (χ1) is 7.31. The molecule has 0 fully saturated rings. The summed E-state index contributed by atoms with van der Waals surface area (Å²) < 4.78 is 1.84. The predicted octanol–water partition coefficient (Wildman–Crippen LogP) is 1.17. The Balaban J connectivity index is 2.22. The molecule has 3 N–H and O–H groups in total. The normalized spacial score (nSPS) is 12.1. The van der Waals surface area contributed by atoms with E-state index >= 15 is 0 Å². The zero-order chi connectivity index (χ0) is 10.7. The van der Waals surface area contributed by atoms with Gasteiger partial charge in [0.1, 0.15) is 5.84 Å². The van der Waals surface area contributed by atoms with Crippen LogP contribution in [0.3, 0.4) is 0 Å². The zero-order valence-electron chi connectivity index (χ0n) is 8.17. The van der Waals surface area contributed by atoms with Crippen LogP contribution in [0.2, 0.25) is 0 Å². The third kappa shape index (κ3) is 1.90. The van der Waals surface area contributed by atoms with E-state index in [0.717, 1.165) is 10.9 Å². The van der Waals surface area contributed by atoms with E-state index in [-0.39, 0.29) is 5.84 Å². The van der Waals surface area contributed by atoms with Crippen LogP contribution in [0.4, 0.5) is 0 Å². The fourth-order valence-corrected chi connectivity index (χ4v) is 1.47. The van der Waals surface area contributed by atoms with E-state index in [2.05, 4.69) is 10.3 Å². The minimum atomic E-state index is 0.217. The fourth-order valence-electron chi connectivity index (χ4n) is 1.47. The molecule has 0 amide bonds. The highest BCUT2D eigenvalue weighted by molar-refractivity contribution is 5.80. The van der Waals surface area contributed by atoms with E-state index < -0.39 is 0 Å². The molecule has 0 aliphatic heterocycles. The first kappa shape index (κ1) is 9.51. The van der Waals surface area contributed by atoms with Crippen LogP contribution in [0.25, 0.3) is 10.9 Å². The Labute approximate surface area is 86.8 Å². The van der Waals surface area contributed by atoms with Gasteiger partial charge in [-0.05, 0) is 6.07 Å². The molecule has 0 spiro atoms. The summed E-state index contributed by atoms with van der Waals surface area (Å²) in [6.45, 7) is 0.614. The summed E-state index contributed by atoms with van der Waals surface area (Å²) >= 11 is 0. The van der Waals surface area contributed by atoms with Crippen LogP contribution < -0.4 is 5.73 Å². The molecule has 0 unspecified atom stereocenters. The lowest BCUT2D eigenvalue weighted by molar-refractivity contribution is 0.316. The van der Waals surface area contributed by atoms with Gasteiger partial charge in [0, 0.05) is 18.4 Å². The van der Waals surface area contributed by atoms with Crippen LogP contribution >= 0.6 is 0 Å². The third-order valence-electron chi connectivity index (χ3n) is 2.26. The molecule has 1 aromatic carbocycles. The Morgan fingerprint density at radius 1 is 1.47 bits per heavy atom. The van der Waals surface area contributed by atoms with E-state index in [4.69, 9.17) is 10.9 Å².